The molecule has 1 N–H and O–H groups in total. The number of likely N-dealkylation sites (N-methyl/N-ethyl adjacent to an activating group) is 1. The quantitative estimate of drug-likeness (QED) is 0.921. The van der Waals surface area contributed by atoms with Crippen LogP contribution in [0.2, 0.25) is 0 Å². The number of hydrogen-bond donors (Lipinski definition) is 1. The van der Waals surface area contributed by atoms with Crippen molar-refractivity contribution >= 4 is 11.0 Å². The molecule has 108 valence electrons. The Hall–Kier alpha value is -1.35. The predicted molar refractivity (Wildman–Crippen MR) is 83.9 cm³/mol. The Labute approximate surface area is 121 Å². The number of benzene rings is 1. The van der Waals surface area contributed by atoms with Crippen LogP contribution in [0.1, 0.15) is 46.1 Å². The molecule has 0 spiro atoms. The highest BCUT2D eigenvalue weighted by Gasteiger charge is 2.39. The second-order valence-electron chi connectivity index (χ2n) is 6.62. The molecule has 1 aromatic carbocycles. The van der Waals surface area contributed by atoms with E-state index >= 15 is 0 Å². The topological polar surface area (TPSA) is 29.9 Å². The summed E-state index contributed by atoms with van der Waals surface area (Å²) in [7, 11) is 0. The third-order valence-electron chi connectivity index (χ3n) is 4.81. The predicted octanol–water partition coefficient (Wildman–Crippen LogP) is 3.77. The lowest BCUT2D eigenvalue weighted by atomic mass is 9.70. The van der Waals surface area contributed by atoms with Crippen molar-refractivity contribution in [2.45, 2.75) is 52.1 Å². The molecule has 1 aliphatic rings. The summed E-state index contributed by atoms with van der Waals surface area (Å²) in [5, 5.41) is 3.73. The van der Waals surface area contributed by atoms with Gasteiger partial charge in [-0.3, -0.25) is 0 Å². The first-order valence-corrected chi connectivity index (χ1v) is 7.78. The van der Waals surface area contributed by atoms with Gasteiger partial charge in [0, 0.05) is 6.04 Å². The average molecular weight is 271 g/mol. The average Bonchev–Trinajstić information content (AvgIpc) is 2.85. The summed E-state index contributed by atoms with van der Waals surface area (Å²) in [5.74, 6) is 0. The minimum Gasteiger partial charge on any atom is -0.326 e. The number of hydrogen-bond acceptors (Lipinski definition) is 2. The van der Waals surface area contributed by atoms with Crippen LogP contribution in [-0.2, 0) is 0 Å². The van der Waals surface area contributed by atoms with Gasteiger partial charge in [0.15, 0.2) is 0 Å². The molecule has 1 heterocycles. The fourth-order valence-corrected chi connectivity index (χ4v) is 3.78. The van der Waals surface area contributed by atoms with Crippen LogP contribution in [-0.4, -0.2) is 22.1 Å². The van der Waals surface area contributed by atoms with Crippen LogP contribution in [0.4, 0.5) is 0 Å². The molecular formula is C17H25N3. The number of aromatic nitrogens is 2. The second-order valence-corrected chi connectivity index (χ2v) is 6.62. The van der Waals surface area contributed by atoms with Gasteiger partial charge in [-0.05, 0) is 36.9 Å². The van der Waals surface area contributed by atoms with Gasteiger partial charge in [0.1, 0.15) is 0 Å². The third kappa shape index (κ3) is 2.24. The Balaban J connectivity index is 2.02. The first-order chi connectivity index (χ1) is 9.63. The third-order valence-corrected chi connectivity index (χ3v) is 4.81. The molecule has 0 bridgehead atoms. The highest BCUT2D eigenvalue weighted by Crippen LogP contribution is 2.42. The van der Waals surface area contributed by atoms with Gasteiger partial charge in [-0.1, -0.05) is 39.3 Å². The molecule has 20 heavy (non-hydrogen) atoms. The van der Waals surface area contributed by atoms with Crippen LogP contribution < -0.4 is 5.32 Å². The van der Waals surface area contributed by atoms with E-state index in [0.717, 1.165) is 12.1 Å². The van der Waals surface area contributed by atoms with Crippen molar-refractivity contribution in [3.05, 3.63) is 30.6 Å². The molecule has 0 aliphatic heterocycles. The minimum atomic E-state index is 0.338. The minimum absolute atomic E-state index is 0.338. The van der Waals surface area contributed by atoms with E-state index in [9.17, 15) is 0 Å². The molecule has 0 amide bonds. The van der Waals surface area contributed by atoms with Gasteiger partial charge in [0.2, 0.25) is 0 Å². The van der Waals surface area contributed by atoms with Crippen LogP contribution in [0.15, 0.2) is 30.6 Å². The lowest BCUT2D eigenvalue weighted by Crippen LogP contribution is -2.50. The number of imidazole rings is 1. The summed E-state index contributed by atoms with van der Waals surface area (Å²) >= 11 is 0. The summed E-state index contributed by atoms with van der Waals surface area (Å²) in [5.41, 5.74) is 2.70. The van der Waals surface area contributed by atoms with Crippen molar-refractivity contribution in [2.24, 2.45) is 5.41 Å². The molecule has 0 saturated heterocycles. The SMILES string of the molecule is CCNC1C(n2cnc3ccccc32)CCCC1(C)C. The fourth-order valence-electron chi connectivity index (χ4n) is 3.78. The zero-order valence-corrected chi connectivity index (χ0v) is 12.8. The maximum atomic E-state index is 4.57. The largest absolute Gasteiger partial charge is 0.326 e. The van der Waals surface area contributed by atoms with Gasteiger partial charge in [-0.25, -0.2) is 4.98 Å². The molecule has 0 radical (unpaired) electrons. The normalized spacial score (nSPS) is 25.9. The van der Waals surface area contributed by atoms with Crippen LogP contribution >= 0.6 is 0 Å². The van der Waals surface area contributed by atoms with Crippen molar-refractivity contribution in [1.29, 1.82) is 0 Å². The van der Waals surface area contributed by atoms with Gasteiger partial charge in [-0.2, -0.15) is 0 Å². The van der Waals surface area contributed by atoms with E-state index in [1.165, 1.54) is 24.8 Å². The van der Waals surface area contributed by atoms with Crippen LogP contribution in [0.25, 0.3) is 11.0 Å². The molecular weight excluding hydrogens is 246 g/mol. The lowest BCUT2D eigenvalue weighted by molar-refractivity contribution is 0.116. The van der Waals surface area contributed by atoms with Crippen LogP contribution in [0.5, 0.6) is 0 Å². The Kier molecular flexibility index (Phi) is 3.55. The zero-order valence-electron chi connectivity index (χ0n) is 12.8. The lowest BCUT2D eigenvalue weighted by Gasteiger charge is -2.45. The standard InChI is InChI=1S/C17H25N3/c1-4-18-16-15(10-7-11-17(16,2)3)20-12-19-13-8-5-6-9-14(13)20/h5-6,8-9,12,15-16,18H,4,7,10-11H2,1-3H3. The molecule has 3 rings (SSSR count). The molecule has 1 saturated carbocycles. The number of rotatable bonds is 3. The molecule has 1 fully saturated rings. The van der Waals surface area contributed by atoms with E-state index < -0.39 is 0 Å². The number of nitrogens with one attached hydrogen (secondary N) is 1. The zero-order chi connectivity index (χ0) is 14.2. The number of nitrogens with zero attached hydrogens (tertiary/aromatic N) is 2. The molecule has 1 aromatic heterocycles. The van der Waals surface area contributed by atoms with Crippen molar-refractivity contribution in [2.75, 3.05) is 6.54 Å². The molecule has 1 aliphatic carbocycles. The fraction of sp³-hybridized carbons (Fsp3) is 0.588. The Morgan fingerprint density at radius 1 is 1.35 bits per heavy atom. The van der Waals surface area contributed by atoms with Crippen LogP contribution in [0.3, 0.4) is 0 Å². The Bertz CT molecular complexity index is 585. The smallest absolute Gasteiger partial charge is 0.0961 e. The van der Waals surface area contributed by atoms with Gasteiger partial charge in [0.25, 0.3) is 0 Å². The number of fused-ring (bicyclic) bond motifs is 1. The van der Waals surface area contributed by atoms with Crippen molar-refractivity contribution < 1.29 is 0 Å². The summed E-state index contributed by atoms with van der Waals surface area (Å²) in [6, 6.07) is 9.47. The summed E-state index contributed by atoms with van der Waals surface area (Å²) in [6.07, 6.45) is 5.86. The Morgan fingerprint density at radius 3 is 2.95 bits per heavy atom. The molecule has 2 unspecified atom stereocenters. The Morgan fingerprint density at radius 2 is 2.15 bits per heavy atom. The second kappa shape index (κ2) is 5.21. The van der Waals surface area contributed by atoms with Crippen molar-refractivity contribution in [1.82, 2.24) is 14.9 Å². The molecule has 2 atom stereocenters. The van der Waals surface area contributed by atoms with Crippen molar-refractivity contribution in [3.8, 4) is 0 Å². The first-order valence-electron chi connectivity index (χ1n) is 7.78. The first kappa shape index (κ1) is 13.6. The maximum absolute atomic E-state index is 4.57. The van der Waals surface area contributed by atoms with Crippen molar-refractivity contribution in [3.63, 3.8) is 0 Å². The summed E-state index contributed by atoms with van der Waals surface area (Å²) in [6.45, 7) is 8.02. The van der Waals surface area contributed by atoms with E-state index in [1.807, 2.05) is 6.33 Å². The van der Waals surface area contributed by atoms with E-state index in [4.69, 9.17) is 0 Å². The van der Waals surface area contributed by atoms with E-state index in [2.05, 4.69) is 59.9 Å². The number of para-hydroxylation sites is 2. The summed E-state index contributed by atoms with van der Waals surface area (Å²) in [4.78, 5) is 4.57. The summed E-state index contributed by atoms with van der Waals surface area (Å²) < 4.78 is 2.39. The van der Waals surface area contributed by atoms with Gasteiger partial charge in [0.05, 0.1) is 23.4 Å². The molecule has 2 aromatic rings. The van der Waals surface area contributed by atoms with Crippen LogP contribution in [0, 0.1) is 5.41 Å². The highest BCUT2D eigenvalue weighted by molar-refractivity contribution is 5.75. The highest BCUT2D eigenvalue weighted by atomic mass is 15.1. The van der Waals surface area contributed by atoms with E-state index in [0.29, 0.717) is 17.5 Å². The van der Waals surface area contributed by atoms with E-state index in [-0.39, 0.29) is 0 Å². The molecule has 3 nitrogen and oxygen atoms in total. The van der Waals surface area contributed by atoms with Gasteiger partial charge in [-0.15, -0.1) is 0 Å². The van der Waals surface area contributed by atoms with E-state index in [1.54, 1.807) is 0 Å². The van der Waals surface area contributed by atoms with Gasteiger partial charge < -0.3 is 9.88 Å². The molecule has 3 heteroatoms. The monoisotopic (exact) mass is 271 g/mol. The maximum Gasteiger partial charge on any atom is 0.0961 e. The van der Waals surface area contributed by atoms with Gasteiger partial charge >= 0.3 is 0 Å².